The van der Waals surface area contributed by atoms with Crippen molar-refractivity contribution < 1.29 is 9.59 Å². The van der Waals surface area contributed by atoms with Crippen molar-refractivity contribution in [3.05, 3.63) is 29.8 Å². The van der Waals surface area contributed by atoms with Gasteiger partial charge in [-0.2, -0.15) is 0 Å². The third-order valence-electron chi connectivity index (χ3n) is 6.53. The molecule has 1 aromatic rings. The lowest BCUT2D eigenvalue weighted by Gasteiger charge is -2.38. The van der Waals surface area contributed by atoms with E-state index in [0.717, 1.165) is 62.5 Å². The summed E-state index contributed by atoms with van der Waals surface area (Å²) in [5.74, 6) is 1.07. The first kappa shape index (κ1) is 20.2. The van der Waals surface area contributed by atoms with Gasteiger partial charge in [-0.3, -0.25) is 4.79 Å². The largest absolute Gasteiger partial charge is 0.342 e. The number of anilines is 1. The highest BCUT2D eigenvalue weighted by Crippen LogP contribution is 2.28. The molecule has 6 heteroatoms. The molecule has 3 fully saturated rings. The number of hydrogen-bond acceptors (Lipinski definition) is 3. The topological polar surface area (TPSA) is 64.7 Å². The van der Waals surface area contributed by atoms with Gasteiger partial charge in [0.1, 0.15) is 0 Å². The number of nitrogens with one attached hydrogen (secondary N) is 2. The Labute approximate surface area is 174 Å². The van der Waals surface area contributed by atoms with Gasteiger partial charge in [0.2, 0.25) is 5.91 Å². The molecule has 29 heavy (non-hydrogen) atoms. The molecule has 1 aromatic carbocycles. The summed E-state index contributed by atoms with van der Waals surface area (Å²) in [6.07, 6.45) is 6.61. The lowest BCUT2D eigenvalue weighted by molar-refractivity contribution is -0.138. The lowest BCUT2D eigenvalue weighted by Crippen LogP contribution is -2.51. The van der Waals surface area contributed by atoms with Crippen molar-refractivity contribution in [3.8, 4) is 0 Å². The molecule has 3 aliphatic rings. The van der Waals surface area contributed by atoms with E-state index in [9.17, 15) is 9.59 Å². The zero-order valence-corrected chi connectivity index (χ0v) is 17.5. The maximum Gasteiger partial charge on any atom is 0.321 e. The monoisotopic (exact) mass is 398 g/mol. The number of urea groups is 1. The summed E-state index contributed by atoms with van der Waals surface area (Å²) in [4.78, 5) is 29.6. The van der Waals surface area contributed by atoms with Crippen molar-refractivity contribution in [2.45, 2.75) is 51.5 Å². The minimum absolute atomic E-state index is 0.0667. The fraction of sp³-hybridized carbons (Fsp3) is 0.652. The first-order valence-electron chi connectivity index (χ1n) is 11.2. The number of likely N-dealkylation sites (tertiary alicyclic amines) is 2. The Kier molecular flexibility index (Phi) is 6.38. The van der Waals surface area contributed by atoms with Crippen LogP contribution in [0.15, 0.2) is 24.3 Å². The van der Waals surface area contributed by atoms with E-state index >= 15 is 0 Å². The van der Waals surface area contributed by atoms with Crippen LogP contribution in [0.1, 0.15) is 44.1 Å². The van der Waals surface area contributed by atoms with Gasteiger partial charge in [-0.25, -0.2) is 4.79 Å². The van der Waals surface area contributed by atoms with E-state index in [2.05, 4.69) is 10.6 Å². The van der Waals surface area contributed by atoms with Gasteiger partial charge in [0.05, 0.1) is 5.92 Å². The van der Waals surface area contributed by atoms with E-state index in [1.54, 1.807) is 4.90 Å². The van der Waals surface area contributed by atoms with Crippen LogP contribution in [0.4, 0.5) is 10.5 Å². The molecule has 158 valence electrons. The Morgan fingerprint density at radius 2 is 1.83 bits per heavy atom. The van der Waals surface area contributed by atoms with Crippen LogP contribution in [0.2, 0.25) is 0 Å². The Bertz CT molecular complexity index is 725. The second-order valence-electron chi connectivity index (χ2n) is 9.04. The molecule has 2 N–H and O–H groups in total. The van der Waals surface area contributed by atoms with Crippen LogP contribution >= 0.6 is 0 Å². The molecule has 0 spiro atoms. The maximum atomic E-state index is 13.1. The molecule has 1 saturated carbocycles. The van der Waals surface area contributed by atoms with Crippen molar-refractivity contribution in [2.75, 3.05) is 38.0 Å². The number of amides is 3. The highest BCUT2D eigenvalue weighted by atomic mass is 16.2. The molecular formula is C23H34N4O2. The SMILES string of the molecule is Cc1cccc(NC(=O)N2CCCC(C(=O)N3CCC(NCC4CC4)CC3)C2)c1. The van der Waals surface area contributed by atoms with Crippen LogP contribution in [-0.2, 0) is 4.79 Å². The van der Waals surface area contributed by atoms with E-state index < -0.39 is 0 Å². The molecule has 3 amide bonds. The minimum atomic E-state index is -0.101. The van der Waals surface area contributed by atoms with Gasteiger partial charge in [0.15, 0.2) is 0 Å². The highest BCUT2D eigenvalue weighted by Gasteiger charge is 2.33. The first-order valence-corrected chi connectivity index (χ1v) is 11.2. The van der Waals surface area contributed by atoms with Crippen molar-refractivity contribution in [1.82, 2.24) is 15.1 Å². The van der Waals surface area contributed by atoms with Crippen molar-refractivity contribution in [1.29, 1.82) is 0 Å². The molecule has 0 radical (unpaired) electrons. The van der Waals surface area contributed by atoms with Gasteiger partial charge in [0.25, 0.3) is 0 Å². The summed E-state index contributed by atoms with van der Waals surface area (Å²) in [5, 5.41) is 6.65. The average molecular weight is 399 g/mol. The highest BCUT2D eigenvalue weighted by molar-refractivity contribution is 5.90. The Morgan fingerprint density at radius 1 is 1.03 bits per heavy atom. The average Bonchev–Trinajstić information content (AvgIpc) is 3.57. The van der Waals surface area contributed by atoms with E-state index in [4.69, 9.17) is 0 Å². The zero-order valence-electron chi connectivity index (χ0n) is 17.5. The van der Waals surface area contributed by atoms with Crippen LogP contribution in [0.3, 0.4) is 0 Å². The van der Waals surface area contributed by atoms with E-state index in [0.29, 0.717) is 19.1 Å². The van der Waals surface area contributed by atoms with Crippen molar-refractivity contribution >= 4 is 17.6 Å². The number of hydrogen-bond donors (Lipinski definition) is 2. The quantitative estimate of drug-likeness (QED) is 0.800. The summed E-state index contributed by atoms with van der Waals surface area (Å²) >= 11 is 0. The smallest absolute Gasteiger partial charge is 0.321 e. The second kappa shape index (κ2) is 9.16. The molecule has 4 rings (SSSR count). The van der Waals surface area contributed by atoms with Gasteiger partial charge in [-0.05, 0) is 75.6 Å². The van der Waals surface area contributed by atoms with Crippen LogP contribution in [0.5, 0.6) is 0 Å². The summed E-state index contributed by atoms with van der Waals surface area (Å²) in [6, 6.07) is 8.27. The molecule has 2 aliphatic heterocycles. The lowest BCUT2D eigenvalue weighted by atomic mass is 9.95. The predicted molar refractivity (Wildman–Crippen MR) is 115 cm³/mol. The molecule has 0 bridgehead atoms. The summed E-state index contributed by atoms with van der Waals surface area (Å²) in [6.45, 7) is 6.08. The number of carbonyl (C=O) groups is 2. The number of benzene rings is 1. The van der Waals surface area contributed by atoms with Crippen LogP contribution in [0.25, 0.3) is 0 Å². The van der Waals surface area contributed by atoms with Crippen LogP contribution < -0.4 is 10.6 Å². The fourth-order valence-electron chi connectivity index (χ4n) is 4.51. The third kappa shape index (κ3) is 5.50. The van der Waals surface area contributed by atoms with Gasteiger partial charge >= 0.3 is 6.03 Å². The van der Waals surface area contributed by atoms with E-state index in [1.807, 2.05) is 36.1 Å². The molecule has 2 heterocycles. The van der Waals surface area contributed by atoms with Crippen molar-refractivity contribution in [3.63, 3.8) is 0 Å². The molecule has 1 aliphatic carbocycles. The number of rotatable bonds is 5. The molecule has 0 aromatic heterocycles. The molecular weight excluding hydrogens is 364 g/mol. The number of nitrogens with zero attached hydrogens (tertiary/aromatic N) is 2. The molecule has 6 nitrogen and oxygen atoms in total. The fourth-order valence-corrected chi connectivity index (χ4v) is 4.51. The summed E-state index contributed by atoms with van der Waals surface area (Å²) in [5.41, 5.74) is 1.92. The first-order chi connectivity index (χ1) is 14.1. The summed E-state index contributed by atoms with van der Waals surface area (Å²) in [7, 11) is 0. The van der Waals surface area contributed by atoms with Gasteiger partial charge in [-0.15, -0.1) is 0 Å². The molecule has 2 saturated heterocycles. The second-order valence-corrected chi connectivity index (χ2v) is 9.04. The Hall–Kier alpha value is -2.08. The van der Waals surface area contributed by atoms with Crippen LogP contribution in [0, 0.1) is 18.8 Å². The third-order valence-corrected chi connectivity index (χ3v) is 6.53. The van der Waals surface area contributed by atoms with Gasteiger partial charge < -0.3 is 20.4 Å². The summed E-state index contributed by atoms with van der Waals surface area (Å²) < 4.78 is 0. The molecule has 1 unspecified atom stereocenters. The number of piperidine rings is 2. The van der Waals surface area contributed by atoms with Gasteiger partial charge in [-0.1, -0.05) is 12.1 Å². The molecule has 1 atom stereocenters. The normalized spacial score (nSPS) is 23.1. The van der Waals surface area contributed by atoms with E-state index in [-0.39, 0.29) is 17.9 Å². The van der Waals surface area contributed by atoms with Gasteiger partial charge in [0, 0.05) is 37.9 Å². The number of aryl methyl sites for hydroxylation is 1. The standard InChI is InChI=1S/C23H34N4O2/c1-17-4-2-6-21(14-17)25-23(29)27-11-3-5-19(16-27)22(28)26-12-9-20(10-13-26)24-15-18-7-8-18/h2,4,6,14,18-20,24H,3,5,7-13,15-16H2,1H3,(H,25,29). The Morgan fingerprint density at radius 3 is 2.55 bits per heavy atom. The van der Waals surface area contributed by atoms with Crippen molar-refractivity contribution in [2.24, 2.45) is 11.8 Å². The zero-order chi connectivity index (χ0) is 20.2. The van der Waals surface area contributed by atoms with E-state index in [1.165, 1.54) is 12.8 Å². The Balaban J connectivity index is 1.25. The number of carbonyl (C=O) groups excluding carboxylic acids is 2. The maximum absolute atomic E-state index is 13.1. The van der Waals surface area contributed by atoms with Crippen LogP contribution in [-0.4, -0.2) is 60.5 Å². The minimum Gasteiger partial charge on any atom is -0.342 e. The predicted octanol–water partition coefficient (Wildman–Crippen LogP) is 3.23.